The van der Waals surface area contributed by atoms with E-state index in [9.17, 15) is 8.78 Å². The lowest BCUT2D eigenvalue weighted by Crippen LogP contribution is -2.36. The van der Waals surface area contributed by atoms with Crippen LogP contribution in [0.4, 0.5) is 8.78 Å². The van der Waals surface area contributed by atoms with Crippen molar-refractivity contribution in [3.05, 3.63) is 35.4 Å². The van der Waals surface area contributed by atoms with Crippen LogP contribution in [-0.2, 0) is 6.54 Å². The number of benzene rings is 1. The van der Waals surface area contributed by atoms with E-state index in [1.165, 1.54) is 24.6 Å². The Labute approximate surface area is 112 Å². The molecule has 1 unspecified atom stereocenters. The smallest absolute Gasteiger partial charge is 0.130 e. The average Bonchev–Trinajstić information content (AvgIpc) is 2.59. The summed E-state index contributed by atoms with van der Waals surface area (Å²) in [6, 6.07) is 4.25. The van der Waals surface area contributed by atoms with Crippen molar-refractivity contribution in [2.75, 3.05) is 12.4 Å². The van der Waals surface area contributed by atoms with Crippen LogP contribution >= 0.6 is 11.6 Å². The van der Waals surface area contributed by atoms with Gasteiger partial charge in [0.2, 0.25) is 0 Å². The van der Waals surface area contributed by atoms with E-state index in [1.807, 2.05) is 0 Å². The van der Waals surface area contributed by atoms with Crippen LogP contribution in [-0.4, -0.2) is 23.4 Å². The Hall–Kier alpha value is -0.670. The van der Waals surface area contributed by atoms with E-state index in [1.54, 1.807) is 0 Å². The van der Waals surface area contributed by atoms with E-state index in [4.69, 9.17) is 11.6 Å². The van der Waals surface area contributed by atoms with E-state index in [0.29, 0.717) is 12.4 Å². The molecule has 1 aliphatic rings. The van der Waals surface area contributed by atoms with Gasteiger partial charge in [0.05, 0.1) is 0 Å². The quantitative estimate of drug-likeness (QED) is 0.754. The average molecular weight is 274 g/mol. The van der Waals surface area contributed by atoms with E-state index in [-0.39, 0.29) is 11.6 Å². The number of hydrogen-bond acceptors (Lipinski definition) is 1. The monoisotopic (exact) mass is 273 g/mol. The van der Waals surface area contributed by atoms with Gasteiger partial charge in [0.15, 0.2) is 0 Å². The first kappa shape index (κ1) is 13.8. The molecule has 4 heteroatoms. The summed E-state index contributed by atoms with van der Waals surface area (Å²) in [5.41, 5.74) is 0.162. The maximum Gasteiger partial charge on any atom is 0.130 e. The van der Waals surface area contributed by atoms with Crippen LogP contribution in [0.3, 0.4) is 0 Å². The molecule has 1 aromatic rings. The van der Waals surface area contributed by atoms with Gasteiger partial charge in [-0.1, -0.05) is 18.9 Å². The first-order valence-electron chi connectivity index (χ1n) is 6.45. The molecule has 1 atom stereocenters. The van der Waals surface area contributed by atoms with Crippen molar-refractivity contribution < 1.29 is 8.78 Å². The summed E-state index contributed by atoms with van der Waals surface area (Å²) in [4.78, 5) is 2.11. The highest BCUT2D eigenvalue weighted by molar-refractivity contribution is 6.18. The number of nitrogens with zero attached hydrogens (tertiary/aromatic N) is 1. The summed E-state index contributed by atoms with van der Waals surface area (Å²) in [5.74, 6) is -0.407. The maximum absolute atomic E-state index is 13.6. The van der Waals surface area contributed by atoms with Crippen LogP contribution in [0.15, 0.2) is 18.2 Å². The zero-order valence-electron chi connectivity index (χ0n) is 10.3. The Morgan fingerprint density at radius 1 is 1.17 bits per heavy atom. The van der Waals surface area contributed by atoms with Gasteiger partial charge >= 0.3 is 0 Å². The van der Waals surface area contributed by atoms with Crippen molar-refractivity contribution in [2.24, 2.45) is 0 Å². The third-order valence-corrected chi connectivity index (χ3v) is 3.96. The van der Waals surface area contributed by atoms with Gasteiger partial charge in [0.1, 0.15) is 11.6 Å². The first-order chi connectivity index (χ1) is 8.72. The van der Waals surface area contributed by atoms with E-state index in [2.05, 4.69) is 4.90 Å². The van der Waals surface area contributed by atoms with Gasteiger partial charge in [-0.15, -0.1) is 11.6 Å². The highest BCUT2D eigenvalue weighted by Gasteiger charge is 2.22. The van der Waals surface area contributed by atoms with Crippen molar-refractivity contribution >= 4 is 11.6 Å². The number of halogens is 3. The molecule has 1 fully saturated rings. The van der Waals surface area contributed by atoms with Crippen LogP contribution in [0.2, 0.25) is 0 Å². The molecule has 1 aliphatic heterocycles. The molecular formula is C14H18ClF2N. The minimum atomic E-state index is -0.465. The molecule has 1 heterocycles. The fourth-order valence-electron chi connectivity index (χ4n) is 2.51. The molecule has 0 aromatic heterocycles. The van der Waals surface area contributed by atoms with Gasteiger partial charge in [0.25, 0.3) is 0 Å². The maximum atomic E-state index is 13.6. The lowest BCUT2D eigenvalue weighted by Gasteiger charge is -2.28. The van der Waals surface area contributed by atoms with Gasteiger partial charge in [-0.2, -0.15) is 0 Å². The zero-order valence-corrected chi connectivity index (χ0v) is 11.1. The Morgan fingerprint density at radius 2 is 1.89 bits per heavy atom. The molecule has 0 spiro atoms. The summed E-state index contributed by atoms with van der Waals surface area (Å²) in [7, 11) is 0. The van der Waals surface area contributed by atoms with Crippen molar-refractivity contribution in [3.63, 3.8) is 0 Å². The third-order valence-electron chi connectivity index (χ3n) is 3.60. The van der Waals surface area contributed by atoms with Gasteiger partial charge in [0, 0.05) is 24.0 Å². The van der Waals surface area contributed by atoms with Crippen LogP contribution < -0.4 is 0 Å². The summed E-state index contributed by atoms with van der Waals surface area (Å²) in [5, 5.41) is 0. The summed E-state index contributed by atoms with van der Waals surface area (Å²) in [6.45, 7) is 1.18. The second-order valence-electron chi connectivity index (χ2n) is 4.83. The largest absolute Gasteiger partial charge is 0.295 e. The number of likely N-dealkylation sites (tertiary alicyclic amines) is 1. The Bertz CT molecular complexity index is 377. The van der Waals surface area contributed by atoms with Gasteiger partial charge < -0.3 is 0 Å². The second-order valence-corrected chi connectivity index (χ2v) is 5.14. The SMILES string of the molecule is Fc1cccc(F)c1CN1CCCCCC1CCl. The van der Waals surface area contributed by atoms with Crippen LogP contribution in [0.25, 0.3) is 0 Å². The molecule has 100 valence electrons. The Balaban J connectivity index is 2.15. The molecule has 0 N–H and O–H groups in total. The fourth-order valence-corrected chi connectivity index (χ4v) is 2.86. The van der Waals surface area contributed by atoms with Crippen molar-refractivity contribution in [1.82, 2.24) is 4.90 Å². The molecule has 0 amide bonds. The first-order valence-corrected chi connectivity index (χ1v) is 6.98. The third kappa shape index (κ3) is 3.21. The number of hydrogen-bond donors (Lipinski definition) is 0. The summed E-state index contributed by atoms with van der Waals surface area (Å²) >= 11 is 5.96. The molecule has 0 saturated carbocycles. The van der Waals surface area contributed by atoms with Crippen molar-refractivity contribution in [2.45, 2.75) is 38.3 Å². The molecule has 0 aliphatic carbocycles. The standard InChI is InChI=1S/C14H18ClF2N/c15-9-11-5-2-1-3-8-18(11)10-12-13(16)6-4-7-14(12)17/h4,6-7,11H,1-3,5,8-10H2. The molecule has 2 rings (SSSR count). The van der Waals surface area contributed by atoms with Crippen molar-refractivity contribution in [1.29, 1.82) is 0 Å². The molecular weight excluding hydrogens is 256 g/mol. The highest BCUT2D eigenvalue weighted by atomic mass is 35.5. The van der Waals surface area contributed by atoms with Crippen LogP contribution in [0.1, 0.15) is 31.2 Å². The Kier molecular flexibility index (Phi) is 4.95. The van der Waals surface area contributed by atoms with Gasteiger partial charge in [-0.3, -0.25) is 4.90 Å². The number of rotatable bonds is 3. The second kappa shape index (κ2) is 6.48. The molecule has 1 nitrogen and oxygen atoms in total. The lowest BCUT2D eigenvalue weighted by molar-refractivity contribution is 0.202. The summed E-state index contributed by atoms with van der Waals surface area (Å²) in [6.07, 6.45) is 4.40. The lowest BCUT2D eigenvalue weighted by atomic mass is 10.1. The highest BCUT2D eigenvalue weighted by Crippen LogP contribution is 2.22. The number of alkyl halides is 1. The molecule has 18 heavy (non-hydrogen) atoms. The van der Waals surface area contributed by atoms with Crippen LogP contribution in [0, 0.1) is 11.6 Å². The topological polar surface area (TPSA) is 3.24 Å². The molecule has 1 saturated heterocycles. The van der Waals surface area contributed by atoms with E-state index >= 15 is 0 Å². The molecule has 0 bridgehead atoms. The molecule has 1 aromatic carbocycles. The normalized spacial score (nSPS) is 21.8. The van der Waals surface area contributed by atoms with Crippen molar-refractivity contribution in [3.8, 4) is 0 Å². The summed E-state index contributed by atoms with van der Waals surface area (Å²) < 4.78 is 27.3. The predicted octanol–water partition coefficient (Wildman–Crippen LogP) is 3.95. The zero-order chi connectivity index (χ0) is 13.0. The minimum Gasteiger partial charge on any atom is -0.295 e. The van der Waals surface area contributed by atoms with Gasteiger partial charge in [-0.05, 0) is 31.5 Å². The van der Waals surface area contributed by atoms with Gasteiger partial charge in [-0.25, -0.2) is 8.78 Å². The van der Waals surface area contributed by atoms with Crippen LogP contribution in [0.5, 0.6) is 0 Å². The molecule has 0 radical (unpaired) electrons. The van der Waals surface area contributed by atoms with E-state index < -0.39 is 11.6 Å². The van der Waals surface area contributed by atoms with E-state index in [0.717, 1.165) is 25.8 Å². The fraction of sp³-hybridized carbons (Fsp3) is 0.571. The Morgan fingerprint density at radius 3 is 2.56 bits per heavy atom. The predicted molar refractivity (Wildman–Crippen MR) is 69.7 cm³/mol. The minimum absolute atomic E-state index is 0.162.